The van der Waals surface area contributed by atoms with E-state index in [-0.39, 0.29) is 22.6 Å². The summed E-state index contributed by atoms with van der Waals surface area (Å²) in [5, 5.41) is 11.1. The van der Waals surface area contributed by atoms with Gasteiger partial charge in [0.05, 0.1) is 5.56 Å². The highest BCUT2D eigenvalue weighted by atomic mass is 16.5. The summed E-state index contributed by atoms with van der Waals surface area (Å²) in [5.41, 5.74) is 0.495. The van der Waals surface area contributed by atoms with Gasteiger partial charge in [0.25, 0.3) is 0 Å². The molecule has 0 spiro atoms. The van der Waals surface area contributed by atoms with Gasteiger partial charge in [-0.3, -0.25) is 9.90 Å². The van der Waals surface area contributed by atoms with E-state index < -0.39 is 5.97 Å². The maximum absolute atomic E-state index is 11.7. The van der Waals surface area contributed by atoms with Crippen molar-refractivity contribution in [3.8, 4) is 11.5 Å². The number of esters is 1. The Bertz CT molecular complexity index is 590. The molecule has 0 bridgehead atoms. The Balaban J connectivity index is 2.19. The molecule has 4 nitrogen and oxygen atoms in total. The SMILES string of the molecule is [O]c1cccc(OC(=O)c2cccc([C]=O)c2)c1. The Morgan fingerprint density at radius 2 is 1.83 bits per heavy atom. The van der Waals surface area contributed by atoms with E-state index in [2.05, 4.69) is 0 Å². The summed E-state index contributed by atoms with van der Waals surface area (Å²) < 4.78 is 5.01. The van der Waals surface area contributed by atoms with Crippen LogP contribution in [0, 0.1) is 0 Å². The molecule has 0 aliphatic carbocycles. The summed E-state index contributed by atoms with van der Waals surface area (Å²) in [7, 11) is 0. The quantitative estimate of drug-likeness (QED) is 0.611. The van der Waals surface area contributed by atoms with Crippen LogP contribution < -0.4 is 4.74 Å². The van der Waals surface area contributed by atoms with Crippen molar-refractivity contribution < 1.29 is 19.4 Å². The molecule has 0 aliphatic rings. The summed E-state index contributed by atoms with van der Waals surface area (Å²) in [6.45, 7) is 0. The van der Waals surface area contributed by atoms with Gasteiger partial charge in [-0.2, -0.15) is 0 Å². The molecule has 0 unspecified atom stereocenters. The fourth-order valence-corrected chi connectivity index (χ4v) is 1.41. The van der Waals surface area contributed by atoms with Crippen molar-refractivity contribution in [1.29, 1.82) is 0 Å². The van der Waals surface area contributed by atoms with E-state index in [1.165, 1.54) is 42.5 Å². The molecule has 2 aromatic carbocycles. The number of ether oxygens (including phenoxy) is 1. The Kier molecular flexibility index (Phi) is 3.38. The second-order valence-electron chi connectivity index (χ2n) is 3.55. The maximum atomic E-state index is 11.7. The van der Waals surface area contributed by atoms with E-state index in [9.17, 15) is 14.7 Å². The Labute approximate surface area is 103 Å². The zero-order valence-electron chi connectivity index (χ0n) is 9.25. The topological polar surface area (TPSA) is 63.3 Å². The van der Waals surface area contributed by atoms with Crippen LogP contribution >= 0.6 is 0 Å². The van der Waals surface area contributed by atoms with Gasteiger partial charge in [0.1, 0.15) is 5.75 Å². The summed E-state index contributed by atoms with van der Waals surface area (Å²) in [5.74, 6) is -0.694. The molecular formula is C14H8O4. The van der Waals surface area contributed by atoms with Gasteiger partial charge in [-0.15, -0.1) is 0 Å². The lowest BCUT2D eigenvalue weighted by atomic mass is 10.1. The number of benzene rings is 2. The predicted molar refractivity (Wildman–Crippen MR) is 62.8 cm³/mol. The summed E-state index contributed by atoms with van der Waals surface area (Å²) >= 11 is 0. The first-order chi connectivity index (χ1) is 8.69. The molecular weight excluding hydrogens is 232 g/mol. The first kappa shape index (κ1) is 11.9. The lowest BCUT2D eigenvalue weighted by Crippen LogP contribution is -2.08. The van der Waals surface area contributed by atoms with Crippen LogP contribution in [-0.4, -0.2) is 12.3 Å². The van der Waals surface area contributed by atoms with Crippen LogP contribution in [-0.2, 0) is 9.90 Å². The van der Waals surface area contributed by atoms with Gasteiger partial charge in [0, 0.05) is 11.6 Å². The normalized spacial score (nSPS) is 9.78. The predicted octanol–water partition coefficient (Wildman–Crippen LogP) is 2.51. The number of hydrogen-bond acceptors (Lipinski definition) is 3. The minimum atomic E-state index is -0.627. The van der Waals surface area contributed by atoms with Crippen LogP contribution in [0.5, 0.6) is 11.5 Å². The van der Waals surface area contributed by atoms with Gasteiger partial charge in [0.2, 0.25) is 6.29 Å². The molecule has 2 aromatic rings. The number of carbonyl (C=O) groups excluding carboxylic acids is 2. The summed E-state index contributed by atoms with van der Waals surface area (Å²) in [6.07, 6.45) is 1.69. The zero-order chi connectivity index (χ0) is 13.0. The van der Waals surface area contributed by atoms with Crippen molar-refractivity contribution in [2.24, 2.45) is 0 Å². The molecule has 0 aliphatic heterocycles. The molecule has 2 radical (unpaired) electrons. The van der Waals surface area contributed by atoms with Crippen molar-refractivity contribution in [3.63, 3.8) is 0 Å². The van der Waals surface area contributed by atoms with E-state index in [1.54, 1.807) is 12.4 Å². The third-order valence-electron chi connectivity index (χ3n) is 2.23. The van der Waals surface area contributed by atoms with Crippen LogP contribution in [0.15, 0.2) is 48.5 Å². The van der Waals surface area contributed by atoms with Gasteiger partial charge >= 0.3 is 5.97 Å². The number of rotatable bonds is 3. The lowest BCUT2D eigenvalue weighted by Gasteiger charge is -2.04. The van der Waals surface area contributed by atoms with E-state index in [4.69, 9.17) is 4.74 Å². The summed E-state index contributed by atoms with van der Waals surface area (Å²) in [6, 6.07) is 11.6. The lowest BCUT2D eigenvalue weighted by molar-refractivity contribution is 0.0734. The highest BCUT2D eigenvalue weighted by Crippen LogP contribution is 2.19. The standard InChI is InChI=1S/C14H8O4/c15-9-10-3-1-4-11(7-10)14(17)18-13-6-2-5-12(16)8-13/h1-8H. The molecule has 18 heavy (non-hydrogen) atoms. The molecule has 0 saturated carbocycles. The zero-order valence-corrected chi connectivity index (χ0v) is 9.25. The van der Waals surface area contributed by atoms with Crippen molar-refractivity contribution in [2.45, 2.75) is 0 Å². The fourth-order valence-electron chi connectivity index (χ4n) is 1.41. The molecule has 2 rings (SSSR count). The molecule has 88 valence electrons. The Hall–Kier alpha value is -2.62. The Morgan fingerprint density at radius 1 is 1.06 bits per heavy atom. The molecule has 0 amide bonds. The van der Waals surface area contributed by atoms with Gasteiger partial charge in [-0.05, 0) is 24.3 Å². The van der Waals surface area contributed by atoms with Crippen molar-refractivity contribution in [1.82, 2.24) is 0 Å². The largest absolute Gasteiger partial charge is 0.423 e. The Morgan fingerprint density at radius 3 is 2.56 bits per heavy atom. The second-order valence-corrected chi connectivity index (χ2v) is 3.55. The molecule has 0 heterocycles. The van der Waals surface area contributed by atoms with E-state index in [0.29, 0.717) is 0 Å². The fraction of sp³-hybridized carbons (Fsp3) is 0. The monoisotopic (exact) mass is 240 g/mol. The van der Waals surface area contributed by atoms with Gasteiger partial charge in [-0.25, -0.2) is 4.79 Å². The van der Waals surface area contributed by atoms with Crippen molar-refractivity contribution in [3.05, 3.63) is 59.7 Å². The molecule has 0 saturated heterocycles. The minimum Gasteiger partial charge on any atom is -0.423 e. The maximum Gasteiger partial charge on any atom is 0.343 e. The van der Waals surface area contributed by atoms with Gasteiger partial charge in [0.15, 0.2) is 5.75 Å². The van der Waals surface area contributed by atoms with Gasteiger partial charge in [-0.1, -0.05) is 18.2 Å². The van der Waals surface area contributed by atoms with Crippen molar-refractivity contribution in [2.75, 3.05) is 0 Å². The smallest absolute Gasteiger partial charge is 0.343 e. The molecule has 0 aromatic heterocycles. The number of hydrogen-bond donors (Lipinski definition) is 0. The molecule has 0 atom stereocenters. The van der Waals surface area contributed by atoms with Gasteiger partial charge < -0.3 is 4.74 Å². The van der Waals surface area contributed by atoms with E-state index in [1.807, 2.05) is 0 Å². The third-order valence-corrected chi connectivity index (χ3v) is 2.23. The van der Waals surface area contributed by atoms with Crippen LogP contribution in [0.2, 0.25) is 0 Å². The van der Waals surface area contributed by atoms with Crippen LogP contribution in [0.3, 0.4) is 0 Å². The molecule has 0 N–H and O–H groups in total. The third kappa shape index (κ3) is 2.74. The summed E-state index contributed by atoms with van der Waals surface area (Å²) in [4.78, 5) is 22.2. The first-order valence-corrected chi connectivity index (χ1v) is 5.16. The highest BCUT2D eigenvalue weighted by molar-refractivity contribution is 5.93. The average molecular weight is 240 g/mol. The average Bonchev–Trinajstić information content (AvgIpc) is 2.39. The molecule has 0 fully saturated rings. The second kappa shape index (κ2) is 5.14. The van der Waals surface area contributed by atoms with Crippen molar-refractivity contribution >= 4 is 12.3 Å². The minimum absolute atomic E-state index is 0.174. The number of carbonyl (C=O) groups is 1. The van der Waals surface area contributed by atoms with Crippen LogP contribution in [0.1, 0.15) is 15.9 Å². The first-order valence-electron chi connectivity index (χ1n) is 5.16. The molecule has 4 heteroatoms. The van der Waals surface area contributed by atoms with E-state index in [0.717, 1.165) is 0 Å². The van der Waals surface area contributed by atoms with Crippen LogP contribution in [0.4, 0.5) is 0 Å². The van der Waals surface area contributed by atoms with Crippen LogP contribution in [0.25, 0.3) is 0 Å². The highest BCUT2D eigenvalue weighted by Gasteiger charge is 2.09. The van der Waals surface area contributed by atoms with E-state index >= 15 is 0 Å².